The van der Waals surface area contributed by atoms with Gasteiger partial charge in [0, 0.05) is 24.3 Å². The molecule has 0 amide bonds. The van der Waals surface area contributed by atoms with Crippen LogP contribution in [0.25, 0.3) is 11.1 Å². The van der Waals surface area contributed by atoms with E-state index in [4.69, 9.17) is 11.6 Å². The van der Waals surface area contributed by atoms with Crippen molar-refractivity contribution in [2.24, 2.45) is 0 Å². The number of nitrogens with one attached hydrogen (secondary N) is 2. The second kappa shape index (κ2) is 9.27. The van der Waals surface area contributed by atoms with Crippen molar-refractivity contribution in [1.82, 2.24) is 5.32 Å². The lowest BCUT2D eigenvalue weighted by Gasteiger charge is -2.45. The van der Waals surface area contributed by atoms with Crippen molar-refractivity contribution in [3.05, 3.63) is 70.2 Å². The predicted molar refractivity (Wildman–Crippen MR) is 130 cm³/mol. The number of hydrogen-bond acceptors (Lipinski definition) is 8. The van der Waals surface area contributed by atoms with E-state index in [1.54, 1.807) is 19.1 Å². The summed E-state index contributed by atoms with van der Waals surface area (Å²) in [5.41, 5.74) is 2.93. The summed E-state index contributed by atoms with van der Waals surface area (Å²) in [6, 6.07) is 14.0. The number of phenols is 3. The summed E-state index contributed by atoms with van der Waals surface area (Å²) in [6.45, 7) is 2.10. The van der Waals surface area contributed by atoms with Crippen LogP contribution in [0.5, 0.6) is 17.2 Å². The maximum absolute atomic E-state index is 11.2. The summed E-state index contributed by atoms with van der Waals surface area (Å²) >= 11 is 6.05. The van der Waals surface area contributed by atoms with Crippen molar-refractivity contribution in [1.29, 1.82) is 0 Å². The van der Waals surface area contributed by atoms with Crippen molar-refractivity contribution in [2.45, 2.75) is 24.7 Å². The highest BCUT2D eigenvalue weighted by atomic mass is 35.5. The van der Waals surface area contributed by atoms with Crippen LogP contribution in [-0.4, -0.2) is 55.6 Å². The third kappa shape index (κ3) is 4.46. The van der Waals surface area contributed by atoms with Crippen LogP contribution >= 0.6 is 11.6 Å². The van der Waals surface area contributed by atoms with Gasteiger partial charge in [0.2, 0.25) is 11.7 Å². The highest BCUT2D eigenvalue weighted by Gasteiger charge is 2.52. The van der Waals surface area contributed by atoms with Crippen LogP contribution in [0.4, 0.5) is 5.69 Å². The number of benzene rings is 3. The number of anilines is 1. The highest BCUT2D eigenvalue weighted by Crippen LogP contribution is 2.61. The van der Waals surface area contributed by atoms with E-state index in [-0.39, 0.29) is 22.7 Å². The Kier molecular flexibility index (Phi) is 6.52. The van der Waals surface area contributed by atoms with Gasteiger partial charge in [-0.25, -0.2) is 4.79 Å². The van der Waals surface area contributed by atoms with E-state index in [1.165, 1.54) is 6.07 Å². The Morgan fingerprint density at radius 1 is 0.943 bits per heavy atom. The molecule has 0 spiro atoms. The molecule has 0 heterocycles. The molecule has 3 aromatic rings. The Labute approximate surface area is 205 Å². The number of rotatable bonds is 8. The van der Waals surface area contributed by atoms with Crippen LogP contribution in [0.1, 0.15) is 40.2 Å². The van der Waals surface area contributed by atoms with Gasteiger partial charge in [-0.1, -0.05) is 42.8 Å². The van der Waals surface area contributed by atoms with E-state index >= 15 is 0 Å². The Bertz CT molecular complexity index is 1300. The smallest absolute Gasteiger partial charge is 0.335 e. The number of fused-ring (bicyclic) bond motifs is 1. The molecule has 2 unspecified atom stereocenters. The maximum Gasteiger partial charge on any atom is 0.335 e. The topological polar surface area (TPSA) is 163 Å². The number of carbonyl (C=O) groups is 1. The molecular formula is C25H25ClN2O7. The van der Waals surface area contributed by atoms with Gasteiger partial charge in [-0.15, -0.1) is 0 Å². The van der Waals surface area contributed by atoms with E-state index in [1.807, 2.05) is 30.3 Å². The van der Waals surface area contributed by atoms with Crippen LogP contribution < -0.4 is 10.6 Å². The second-order valence-corrected chi connectivity index (χ2v) is 8.88. The molecule has 35 heavy (non-hydrogen) atoms. The Hall–Kier alpha value is -3.50. The van der Waals surface area contributed by atoms with Crippen molar-refractivity contribution in [3.63, 3.8) is 0 Å². The van der Waals surface area contributed by atoms with Crippen LogP contribution in [0.15, 0.2) is 48.5 Å². The zero-order valence-electron chi connectivity index (χ0n) is 18.7. The highest BCUT2D eigenvalue weighted by molar-refractivity contribution is 6.33. The number of carboxylic acids is 1. The van der Waals surface area contributed by atoms with Gasteiger partial charge in [0.05, 0.1) is 16.5 Å². The molecule has 4 rings (SSSR count). The summed E-state index contributed by atoms with van der Waals surface area (Å²) in [6.07, 6.45) is 0. The van der Waals surface area contributed by atoms with Gasteiger partial charge < -0.3 is 36.0 Å². The maximum atomic E-state index is 11.2. The first-order chi connectivity index (χ1) is 16.5. The molecule has 9 nitrogen and oxygen atoms in total. The van der Waals surface area contributed by atoms with Gasteiger partial charge in [-0.05, 0) is 46.9 Å². The fraction of sp³-hybridized carbons (Fsp3) is 0.240. The van der Waals surface area contributed by atoms with Crippen LogP contribution in [0.2, 0.25) is 5.02 Å². The van der Waals surface area contributed by atoms with Crippen LogP contribution in [0, 0.1) is 0 Å². The van der Waals surface area contributed by atoms with Crippen molar-refractivity contribution in [2.75, 3.05) is 18.4 Å². The molecule has 2 atom stereocenters. The molecule has 3 aromatic carbocycles. The van der Waals surface area contributed by atoms with E-state index in [2.05, 4.69) is 10.6 Å². The van der Waals surface area contributed by atoms with Crippen molar-refractivity contribution in [3.8, 4) is 28.4 Å². The molecule has 0 saturated heterocycles. The molecule has 0 bridgehead atoms. The van der Waals surface area contributed by atoms with Crippen molar-refractivity contribution >= 4 is 23.3 Å². The average Bonchev–Trinajstić information content (AvgIpc) is 2.83. The average molecular weight is 501 g/mol. The van der Waals surface area contributed by atoms with Gasteiger partial charge >= 0.3 is 5.97 Å². The normalized spacial score (nSPS) is 16.9. The number of phenolic OH excluding ortho intramolecular Hbond substituents is 3. The molecule has 0 aromatic heterocycles. The number of hydrogen-bond donors (Lipinski definition) is 8. The van der Waals surface area contributed by atoms with E-state index < -0.39 is 41.0 Å². The van der Waals surface area contributed by atoms with Gasteiger partial charge in [-0.3, -0.25) is 5.32 Å². The van der Waals surface area contributed by atoms with Crippen LogP contribution in [0.3, 0.4) is 0 Å². The summed E-state index contributed by atoms with van der Waals surface area (Å²) in [5, 5.41) is 66.1. The summed E-state index contributed by atoms with van der Waals surface area (Å²) in [5.74, 6) is -7.02. The van der Waals surface area contributed by atoms with Crippen LogP contribution in [-0.2, 0) is 0 Å². The first kappa shape index (κ1) is 24.6. The third-order valence-electron chi connectivity index (χ3n) is 6.28. The monoisotopic (exact) mass is 500 g/mol. The lowest BCUT2D eigenvalue weighted by atomic mass is 9.66. The number of aromatic carboxylic acids is 1. The Morgan fingerprint density at radius 3 is 2.29 bits per heavy atom. The quantitative estimate of drug-likeness (QED) is 0.132. The first-order valence-corrected chi connectivity index (χ1v) is 11.2. The number of aromatic hydroxyl groups is 3. The van der Waals surface area contributed by atoms with Crippen molar-refractivity contribution < 1.29 is 35.4 Å². The molecule has 10 heteroatoms. The minimum absolute atomic E-state index is 0.0690. The minimum Gasteiger partial charge on any atom is -0.504 e. The van der Waals surface area contributed by atoms with E-state index in [9.17, 15) is 35.4 Å². The fourth-order valence-corrected chi connectivity index (χ4v) is 4.91. The fourth-order valence-electron chi connectivity index (χ4n) is 4.55. The lowest BCUT2D eigenvalue weighted by molar-refractivity contribution is -0.211. The summed E-state index contributed by atoms with van der Waals surface area (Å²) in [4.78, 5) is 11.2. The zero-order valence-corrected chi connectivity index (χ0v) is 19.4. The second-order valence-electron chi connectivity index (χ2n) is 8.50. The third-order valence-corrected chi connectivity index (χ3v) is 6.67. The number of aliphatic hydroxyl groups is 2. The Morgan fingerprint density at radius 2 is 1.60 bits per heavy atom. The number of halogens is 1. The molecule has 0 saturated carbocycles. The standard InChI is InChI=1S/C25H25ClN2O7/c1-12-17-18(21(29)23(31)22(30)20(17)26)19(12)25(34,35)28-9-8-27-16-7-3-5-14(11-16)13-4-2-6-15(10-13)24(32)33/h2-7,10-12,19,27-31,34-35H,8-9H2,1H3,(H,32,33). The van der Waals surface area contributed by atoms with E-state index in [0.717, 1.165) is 16.8 Å². The summed E-state index contributed by atoms with van der Waals surface area (Å²) in [7, 11) is 0. The number of carboxylic acid groups (broad SMARTS) is 1. The largest absolute Gasteiger partial charge is 0.504 e. The molecule has 1 aliphatic rings. The van der Waals surface area contributed by atoms with Gasteiger partial charge in [0.1, 0.15) is 0 Å². The summed E-state index contributed by atoms with van der Waals surface area (Å²) < 4.78 is 0. The van der Waals surface area contributed by atoms with Gasteiger partial charge in [-0.2, -0.15) is 0 Å². The van der Waals surface area contributed by atoms with Gasteiger partial charge in [0.15, 0.2) is 11.5 Å². The van der Waals surface area contributed by atoms with E-state index in [0.29, 0.717) is 12.1 Å². The molecule has 0 radical (unpaired) electrons. The zero-order chi connectivity index (χ0) is 25.5. The minimum atomic E-state index is -2.42. The molecule has 0 fully saturated rings. The molecule has 184 valence electrons. The molecular weight excluding hydrogens is 476 g/mol. The SMILES string of the molecule is CC1c2c(Cl)c(O)c(O)c(O)c2C1C(O)(O)NCCNc1cccc(-c2cccc(C(=O)O)c2)c1. The first-order valence-electron chi connectivity index (χ1n) is 10.9. The lowest BCUT2D eigenvalue weighted by Crippen LogP contribution is -2.55. The predicted octanol–water partition coefficient (Wildman–Crippen LogP) is 3.36. The molecule has 8 N–H and O–H groups in total. The molecule has 1 aliphatic carbocycles. The Balaban J connectivity index is 1.40. The molecule has 0 aliphatic heterocycles. The van der Waals surface area contributed by atoms with Gasteiger partial charge in [0.25, 0.3) is 0 Å².